The molecule has 0 fully saturated rings. The molecule has 114 valence electrons. The van der Waals surface area contributed by atoms with Gasteiger partial charge in [0.25, 0.3) is 0 Å². The lowest BCUT2D eigenvalue weighted by Crippen LogP contribution is -2.29. The van der Waals surface area contributed by atoms with Crippen LogP contribution in [0.4, 0.5) is 0 Å². The average Bonchev–Trinajstić information content (AvgIpc) is 2.35. The quantitative estimate of drug-likeness (QED) is 0.489. The summed E-state index contributed by atoms with van der Waals surface area (Å²) in [6.45, 7) is 4.27. The second kappa shape index (κ2) is 8.89. The minimum Gasteiger partial charge on any atom is -0.428 e. The SMILES string of the molecule is CC(=O)OCOC(=O)C(C)C(C)C(=O)OCOC(C)=O. The zero-order valence-electron chi connectivity index (χ0n) is 11.8. The smallest absolute Gasteiger partial charge is 0.312 e. The van der Waals surface area contributed by atoms with Gasteiger partial charge in [0.05, 0.1) is 11.8 Å². The van der Waals surface area contributed by atoms with E-state index in [1.807, 2.05) is 0 Å². The highest BCUT2D eigenvalue weighted by atomic mass is 16.7. The summed E-state index contributed by atoms with van der Waals surface area (Å²) in [4.78, 5) is 44.1. The first-order valence-electron chi connectivity index (χ1n) is 5.85. The Morgan fingerprint density at radius 3 is 1.25 bits per heavy atom. The molecule has 0 radical (unpaired) electrons. The molecule has 2 unspecified atom stereocenters. The van der Waals surface area contributed by atoms with E-state index in [1.165, 1.54) is 27.7 Å². The monoisotopic (exact) mass is 290 g/mol. The van der Waals surface area contributed by atoms with Crippen LogP contribution in [0.25, 0.3) is 0 Å². The number of hydrogen-bond acceptors (Lipinski definition) is 8. The molecule has 0 aliphatic heterocycles. The van der Waals surface area contributed by atoms with Crippen molar-refractivity contribution in [3.05, 3.63) is 0 Å². The Bertz CT molecular complexity index is 340. The Hall–Kier alpha value is -2.12. The van der Waals surface area contributed by atoms with Crippen LogP contribution in [0.15, 0.2) is 0 Å². The van der Waals surface area contributed by atoms with Gasteiger partial charge in [-0.25, -0.2) is 0 Å². The Labute approximate surface area is 116 Å². The van der Waals surface area contributed by atoms with E-state index < -0.39 is 49.3 Å². The van der Waals surface area contributed by atoms with E-state index in [1.54, 1.807) is 0 Å². The van der Waals surface area contributed by atoms with Gasteiger partial charge in [-0.05, 0) is 0 Å². The van der Waals surface area contributed by atoms with Gasteiger partial charge < -0.3 is 18.9 Å². The molecule has 0 heterocycles. The van der Waals surface area contributed by atoms with Crippen molar-refractivity contribution in [3.63, 3.8) is 0 Å². The molecule has 0 saturated heterocycles. The van der Waals surface area contributed by atoms with E-state index in [-0.39, 0.29) is 0 Å². The van der Waals surface area contributed by atoms with Crippen LogP contribution in [0, 0.1) is 11.8 Å². The third kappa shape index (κ3) is 7.34. The van der Waals surface area contributed by atoms with Crippen molar-refractivity contribution in [2.75, 3.05) is 13.6 Å². The molecule has 0 saturated carbocycles. The van der Waals surface area contributed by atoms with E-state index in [9.17, 15) is 19.2 Å². The molecule has 20 heavy (non-hydrogen) atoms. The summed E-state index contributed by atoms with van der Waals surface area (Å²) in [7, 11) is 0. The fourth-order valence-corrected chi connectivity index (χ4v) is 1.01. The highest BCUT2D eigenvalue weighted by Gasteiger charge is 2.29. The predicted octanol–water partition coefficient (Wildman–Crippen LogP) is 0.386. The first-order chi connectivity index (χ1) is 9.25. The van der Waals surface area contributed by atoms with Crippen LogP contribution in [0.3, 0.4) is 0 Å². The van der Waals surface area contributed by atoms with Crippen molar-refractivity contribution >= 4 is 23.9 Å². The normalized spacial score (nSPS) is 12.8. The highest BCUT2D eigenvalue weighted by molar-refractivity contribution is 5.81. The van der Waals surface area contributed by atoms with Crippen LogP contribution in [-0.2, 0) is 38.1 Å². The van der Waals surface area contributed by atoms with Crippen LogP contribution in [0.5, 0.6) is 0 Å². The van der Waals surface area contributed by atoms with Crippen LogP contribution < -0.4 is 0 Å². The van der Waals surface area contributed by atoms with Crippen LogP contribution in [0.2, 0.25) is 0 Å². The molecule has 0 amide bonds. The average molecular weight is 290 g/mol. The first kappa shape index (κ1) is 17.9. The topological polar surface area (TPSA) is 105 Å². The summed E-state index contributed by atoms with van der Waals surface area (Å²) < 4.78 is 18.2. The maximum atomic E-state index is 11.5. The summed E-state index contributed by atoms with van der Waals surface area (Å²) >= 11 is 0. The lowest BCUT2D eigenvalue weighted by molar-refractivity contribution is -0.177. The third-order valence-electron chi connectivity index (χ3n) is 2.42. The molecule has 8 nitrogen and oxygen atoms in total. The minimum absolute atomic E-state index is 0.506. The van der Waals surface area contributed by atoms with E-state index in [0.29, 0.717) is 0 Å². The number of ether oxygens (including phenoxy) is 4. The molecule has 2 atom stereocenters. The second-order valence-electron chi connectivity index (χ2n) is 4.01. The third-order valence-corrected chi connectivity index (χ3v) is 2.42. The Morgan fingerprint density at radius 2 is 1.00 bits per heavy atom. The number of hydrogen-bond donors (Lipinski definition) is 0. The van der Waals surface area contributed by atoms with E-state index in [0.717, 1.165) is 0 Å². The van der Waals surface area contributed by atoms with Gasteiger partial charge >= 0.3 is 23.9 Å². The molecule has 0 aromatic carbocycles. The number of carbonyl (C=O) groups is 4. The van der Waals surface area contributed by atoms with Gasteiger partial charge in [-0.15, -0.1) is 0 Å². The predicted molar refractivity (Wildman–Crippen MR) is 63.8 cm³/mol. The molecule has 0 spiro atoms. The molecule has 0 aromatic heterocycles. The van der Waals surface area contributed by atoms with Gasteiger partial charge in [-0.2, -0.15) is 0 Å². The van der Waals surface area contributed by atoms with Crippen molar-refractivity contribution in [2.45, 2.75) is 27.7 Å². The molecular weight excluding hydrogens is 272 g/mol. The largest absolute Gasteiger partial charge is 0.428 e. The molecule has 0 bridgehead atoms. The Balaban J connectivity index is 4.13. The lowest BCUT2D eigenvalue weighted by atomic mass is 9.96. The summed E-state index contributed by atoms with van der Waals surface area (Å²) in [5.74, 6) is -4.17. The van der Waals surface area contributed by atoms with Crippen LogP contribution in [-0.4, -0.2) is 37.5 Å². The highest BCUT2D eigenvalue weighted by Crippen LogP contribution is 2.14. The van der Waals surface area contributed by atoms with Crippen LogP contribution in [0.1, 0.15) is 27.7 Å². The van der Waals surface area contributed by atoms with Crippen molar-refractivity contribution in [3.8, 4) is 0 Å². The van der Waals surface area contributed by atoms with E-state index in [4.69, 9.17) is 0 Å². The molecule has 0 aliphatic carbocycles. The molecule has 0 rings (SSSR count). The molecule has 8 heteroatoms. The van der Waals surface area contributed by atoms with E-state index in [2.05, 4.69) is 18.9 Å². The first-order valence-corrected chi connectivity index (χ1v) is 5.85. The molecule has 0 N–H and O–H groups in total. The standard InChI is InChI=1S/C12H18O8/c1-7(11(15)19-5-17-9(3)13)8(2)12(16)20-6-18-10(4)14/h7-8H,5-6H2,1-4H3. The minimum atomic E-state index is -0.796. The second-order valence-corrected chi connectivity index (χ2v) is 4.01. The number of rotatable bonds is 7. The summed E-state index contributed by atoms with van der Waals surface area (Å²) in [5.41, 5.74) is 0. The van der Waals surface area contributed by atoms with Gasteiger partial charge in [0.15, 0.2) is 0 Å². The van der Waals surface area contributed by atoms with Gasteiger partial charge in [-0.1, -0.05) is 13.8 Å². The van der Waals surface area contributed by atoms with Crippen molar-refractivity contribution in [1.82, 2.24) is 0 Å². The van der Waals surface area contributed by atoms with Gasteiger partial charge in [0.1, 0.15) is 0 Å². The molecule has 0 aromatic rings. The van der Waals surface area contributed by atoms with Crippen molar-refractivity contribution in [1.29, 1.82) is 0 Å². The summed E-state index contributed by atoms with van der Waals surface area (Å²) in [5, 5.41) is 0. The summed E-state index contributed by atoms with van der Waals surface area (Å²) in [6, 6.07) is 0. The Kier molecular flexibility index (Phi) is 7.95. The molecular formula is C12H18O8. The van der Waals surface area contributed by atoms with Gasteiger partial charge in [0.2, 0.25) is 13.6 Å². The van der Waals surface area contributed by atoms with Crippen molar-refractivity contribution in [2.24, 2.45) is 11.8 Å². The Morgan fingerprint density at radius 1 is 0.700 bits per heavy atom. The van der Waals surface area contributed by atoms with E-state index >= 15 is 0 Å². The summed E-state index contributed by atoms with van der Waals surface area (Å²) in [6.07, 6.45) is 0. The van der Waals surface area contributed by atoms with Crippen molar-refractivity contribution < 1.29 is 38.1 Å². The van der Waals surface area contributed by atoms with Gasteiger partial charge in [-0.3, -0.25) is 19.2 Å². The zero-order chi connectivity index (χ0) is 15.7. The lowest BCUT2D eigenvalue weighted by Gasteiger charge is -2.17. The number of carbonyl (C=O) groups excluding carboxylic acids is 4. The maximum absolute atomic E-state index is 11.5. The fraction of sp³-hybridized carbons (Fsp3) is 0.667. The number of esters is 4. The fourth-order valence-electron chi connectivity index (χ4n) is 1.01. The van der Waals surface area contributed by atoms with Crippen LogP contribution >= 0.6 is 0 Å². The zero-order valence-corrected chi connectivity index (χ0v) is 11.8. The van der Waals surface area contributed by atoms with Gasteiger partial charge in [0, 0.05) is 13.8 Å². The maximum Gasteiger partial charge on any atom is 0.312 e. The molecule has 0 aliphatic rings.